The third-order valence-electron chi connectivity index (χ3n) is 2.70. The fourth-order valence-electron chi connectivity index (χ4n) is 1.84. The standard InChI is InChI=1S/C13H9N3O2/c17-13-11-8-4-5-9-12(11)16(18)14-15(13)10-6-2-1-3-7-10/h1-9H. The third-order valence-corrected chi connectivity index (χ3v) is 2.70. The van der Waals surface area contributed by atoms with Crippen molar-refractivity contribution in [3.8, 4) is 5.69 Å². The van der Waals surface area contributed by atoms with E-state index in [0.717, 1.165) is 4.68 Å². The molecule has 0 saturated carbocycles. The molecule has 0 radical (unpaired) electrons. The second-order valence-electron chi connectivity index (χ2n) is 3.83. The van der Waals surface area contributed by atoms with E-state index < -0.39 is 0 Å². The Balaban J connectivity index is 2.39. The molecule has 0 N–H and O–H groups in total. The Morgan fingerprint density at radius 3 is 2.44 bits per heavy atom. The van der Waals surface area contributed by atoms with Crippen molar-refractivity contribution >= 4 is 10.9 Å². The van der Waals surface area contributed by atoms with Crippen LogP contribution in [0.3, 0.4) is 0 Å². The summed E-state index contributed by atoms with van der Waals surface area (Å²) in [5.41, 5.74) is 0.538. The molecule has 0 amide bonds. The van der Waals surface area contributed by atoms with Crippen LogP contribution in [0.15, 0.2) is 59.4 Å². The van der Waals surface area contributed by atoms with Gasteiger partial charge in [-0.2, -0.15) is 0 Å². The minimum absolute atomic E-state index is 0.273. The first kappa shape index (κ1) is 10.5. The number of aromatic nitrogens is 3. The van der Waals surface area contributed by atoms with E-state index in [1.807, 2.05) is 6.07 Å². The number of hydrogen-bond donors (Lipinski definition) is 0. The summed E-state index contributed by atoms with van der Waals surface area (Å²) in [5.74, 6) is 0. The van der Waals surface area contributed by atoms with Crippen LogP contribution in [0.4, 0.5) is 0 Å². The lowest BCUT2D eigenvalue weighted by Gasteiger charge is -2.05. The molecule has 0 bridgehead atoms. The fourth-order valence-corrected chi connectivity index (χ4v) is 1.84. The van der Waals surface area contributed by atoms with Gasteiger partial charge in [0.05, 0.1) is 0 Å². The van der Waals surface area contributed by atoms with Crippen molar-refractivity contribution < 1.29 is 4.85 Å². The lowest BCUT2D eigenvalue weighted by atomic mass is 10.2. The lowest BCUT2D eigenvalue weighted by Crippen LogP contribution is -2.41. The van der Waals surface area contributed by atoms with Gasteiger partial charge in [-0.1, -0.05) is 35.0 Å². The Kier molecular flexibility index (Phi) is 2.30. The number of hydrogen-bond acceptors (Lipinski definition) is 3. The fraction of sp³-hybridized carbons (Fsp3) is 0. The van der Waals surface area contributed by atoms with Gasteiger partial charge in [-0.05, 0) is 24.3 Å². The van der Waals surface area contributed by atoms with Crippen LogP contribution in [0.1, 0.15) is 0 Å². The molecule has 0 saturated heterocycles. The molecule has 1 aromatic heterocycles. The van der Waals surface area contributed by atoms with Gasteiger partial charge in [0.25, 0.3) is 0 Å². The Morgan fingerprint density at radius 1 is 1.00 bits per heavy atom. The Bertz CT molecular complexity index is 766. The monoisotopic (exact) mass is 239 g/mol. The largest absolute Gasteiger partial charge is 0.691 e. The summed E-state index contributed by atoms with van der Waals surface area (Å²) in [7, 11) is 0. The maximum atomic E-state index is 12.2. The molecule has 3 aromatic rings. The van der Waals surface area contributed by atoms with Gasteiger partial charge >= 0.3 is 5.56 Å². The molecule has 18 heavy (non-hydrogen) atoms. The molecule has 3 rings (SSSR count). The minimum atomic E-state index is -0.302. The zero-order chi connectivity index (χ0) is 12.5. The second-order valence-corrected chi connectivity index (χ2v) is 3.83. The van der Waals surface area contributed by atoms with Crippen molar-refractivity contribution in [2.75, 3.05) is 0 Å². The van der Waals surface area contributed by atoms with E-state index in [1.54, 1.807) is 48.5 Å². The van der Waals surface area contributed by atoms with Gasteiger partial charge in [0, 0.05) is 0 Å². The molecule has 5 nitrogen and oxygen atoms in total. The maximum absolute atomic E-state index is 12.2. The van der Waals surface area contributed by atoms with Crippen molar-refractivity contribution in [1.82, 2.24) is 9.90 Å². The summed E-state index contributed by atoms with van der Waals surface area (Å²) >= 11 is 0. The highest BCUT2D eigenvalue weighted by molar-refractivity contribution is 5.74. The van der Waals surface area contributed by atoms with Crippen LogP contribution in [0, 0.1) is 5.21 Å². The van der Waals surface area contributed by atoms with E-state index in [2.05, 4.69) is 5.21 Å². The molecule has 0 unspecified atom stereocenters. The smallest absolute Gasteiger partial charge is 0.370 e. The first-order chi connectivity index (χ1) is 8.77. The quantitative estimate of drug-likeness (QED) is 0.470. The van der Waals surface area contributed by atoms with Gasteiger partial charge in [-0.15, -0.1) is 4.85 Å². The molecule has 0 spiro atoms. The van der Waals surface area contributed by atoms with Gasteiger partial charge in [-0.25, -0.2) is 4.79 Å². The first-order valence-electron chi connectivity index (χ1n) is 5.45. The average molecular weight is 239 g/mol. The van der Waals surface area contributed by atoms with Gasteiger partial charge in [0.15, 0.2) is 11.2 Å². The first-order valence-corrected chi connectivity index (χ1v) is 5.45. The molecule has 0 aliphatic rings. The van der Waals surface area contributed by atoms with E-state index in [4.69, 9.17) is 0 Å². The highest BCUT2D eigenvalue weighted by Crippen LogP contribution is 2.05. The normalized spacial score (nSPS) is 10.7. The van der Waals surface area contributed by atoms with Crippen LogP contribution in [-0.4, -0.2) is 9.90 Å². The van der Waals surface area contributed by atoms with E-state index in [1.165, 1.54) is 0 Å². The van der Waals surface area contributed by atoms with Crippen LogP contribution in [0.2, 0.25) is 0 Å². The van der Waals surface area contributed by atoms with Crippen LogP contribution in [0.5, 0.6) is 0 Å². The Labute approximate surface area is 102 Å². The molecule has 1 heterocycles. The summed E-state index contributed by atoms with van der Waals surface area (Å²) < 4.78 is 1.11. The van der Waals surface area contributed by atoms with Crippen molar-refractivity contribution in [3.63, 3.8) is 0 Å². The third kappa shape index (κ3) is 1.53. The van der Waals surface area contributed by atoms with Gasteiger partial charge < -0.3 is 5.21 Å². The summed E-state index contributed by atoms with van der Waals surface area (Å²) in [6.07, 6.45) is 0. The predicted octanol–water partition coefficient (Wildman–Crippen LogP) is 1.02. The number of benzene rings is 2. The topological polar surface area (TPSA) is 61.8 Å². The molecular formula is C13H9N3O2. The summed E-state index contributed by atoms with van der Waals surface area (Å²) in [6, 6.07) is 15.5. The zero-order valence-corrected chi connectivity index (χ0v) is 9.35. The molecular weight excluding hydrogens is 230 g/mol. The Hall–Kier alpha value is -2.69. The molecule has 0 aliphatic heterocycles. The number of rotatable bonds is 1. The molecule has 5 heteroatoms. The second kappa shape index (κ2) is 3.96. The number of nitrogens with zero attached hydrogens (tertiary/aromatic N) is 3. The molecule has 0 fully saturated rings. The van der Waals surface area contributed by atoms with Crippen molar-refractivity contribution in [2.24, 2.45) is 0 Å². The highest BCUT2D eigenvalue weighted by atomic mass is 16.5. The van der Waals surface area contributed by atoms with E-state index >= 15 is 0 Å². The summed E-state index contributed by atoms with van der Waals surface area (Å²) in [5, 5.41) is 15.9. The lowest BCUT2D eigenvalue weighted by molar-refractivity contribution is -0.651. The molecule has 2 aromatic carbocycles. The van der Waals surface area contributed by atoms with Crippen molar-refractivity contribution in [3.05, 3.63) is 70.2 Å². The van der Waals surface area contributed by atoms with Crippen LogP contribution < -0.4 is 10.4 Å². The predicted molar refractivity (Wildman–Crippen MR) is 66.3 cm³/mol. The van der Waals surface area contributed by atoms with E-state index in [9.17, 15) is 10.0 Å². The molecule has 88 valence electrons. The maximum Gasteiger partial charge on any atom is 0.370 e. The molecule has 0 aliphatic carbocycles. The number of fused-ring (bicyclic) bond motifs is 1. The van der Waals surface area contributed by atoms with Gasteiger partial charge in [0.2, 0.25) is 0 Å². The van der Waals surface area contributed by atoms with Crippen LogP contribution in [0.25, 0.3) is 16.6 Å². The van der Waals surface area contributed by atoms with Crippen molar-refractivity contribution in [2.45, 2.75) is 0 Å². The van der Waals surface area contributed by atoms with Gasteiger partial charge in [0.1, 0.15) is 10.6 Å². The Morgan fingerprint density at radius 2 is 1.67 bits per heavy atom. The minimum Gasteiger partial charge on any atom is -0.691 e. The zero-order valence-electron chi connectivity index (χ0n) is 9.35. The SMILES string of the molecule is O=c1c2ccccc2[n+]([O-])nn1-c1ccccc1. The summed E-state index contributed by atoms with van der Waals surface area (Å²) in [6.45, 7) is 0. The molecule has 0 atom stereocenters. The summed E-state index contributed by atoms with van der Waals surface area (Å²) in [4.78, 5) is 12.7. The highest BCUT2D eigenvalue weighted by Gasteiger charge is 2.14. The number of para-hydroxylation sites is 2. The van der Waals surface area contributed by atoms with E-state index in [-0.39, 0.29) is 11.1 Å². The average Bonchev–Trinajstić information content (AvgIpc) is 2.44. The van der Waals surface area contributed by atoms with E-state index in [0.29, 0.717) is 15.9 Å². The van der Waals surface area contributed by atoms with Gasteiger partial charge in [-0.3, -0.25) is 0 Å². The van der Waals surface area contributed by atoms with Crippen LogP contribution in [-0.2, 0) is 0 Å². The van der Waals surface area contributed by atoms with Crippen LogP contribution >= 0.6 is 0 Å². The van der Waals surface area contributed by atoms with Crippen molar-refractivity contribution in [1.29, 1.82) is 0 Å².